The van der Waals surface area contributed by atoms with Crippen LogP contribution in [0.3, 0.4) is 0 Å². The fourth-order valence-corrected chi connectivity index (χ4v) is 1.55. The molecule has 0 saturated carbocycles. The molecule has 0 bridgehead atoms. The summed E-state index contributed by atoms with van der Waals surface area (Å²) in [5.74, 6) is -4.11. The predicted molar refractivity (Wildman–Crippen MR) is 57.3 cm³/mol. The summed E-state index contributed by atoms with van der Waals surface area (Å²) in [6.07, 6.45) is -1.22. The quantitative estimate of drug-likeness (QED) is 0.854. The third kappa shape index (κ3) is 3.23. The maximum absolute atomic E-state index is 12.9. The third-order valence-corrected chi connectivity index (χ3v) is 2.90. The molecule has 3 atom stereocenters. The van der Waals surface area contributed by atoms with Crippen LogP contribution in [0.15, 0.2) is 18.2 Å². The number of halogens is 2. The molecule has 5 heteroatoms. The van der Waals surface area contributed by atoms with Crippen molar-refractivity contribution < 1.29 is 23.8 Å². The zero-order valence-corrected chi connectivity index (χ0v) is 9.52. The molecule has 0 spiro atoms. The van der Waals surface area contributed by atoms with E-state index >= 15 is 0 Å². The van der Waals surface area contributed by atoms with Crippen molar-refractivity contribution in [1.29, 1.82) is 0 Å². The lowest BCUT2D eigenvalue weighted by molar-refractivity contribution is -0.144. The van der Waals surface area contributed by atoms with Crippen molar-refractivity contribution in [2.45, 2.75) is 20.0 Å². The number of aliphatic carboxylic acids is 1. The van der Waals surface area contributed by atoms with Crippen molar-refractivity contribution in [2.75, 3.05) is 0 Å². The highest BCUT2D eigenvalue weighted by molar-refractivity contribution is 5.69. The van der Waals surface area contributed by atoms with Crippen molar-refractivity contribution in [3.63, 3.8) is 0 Å². The molecule has 0 saturated heterocycles. The molecule has 3 unspecified atom stereocenters. The number of carboxylic acids is 1. The van der Waals surface area contributed by atoms with Crippen molar-refractivity contribution >= 4 is 5.97 Å². The highest BCUT2D eigenvalue weighted by Crippen LogP contribution is 2.28. The highest BCUT2D eigenvalue weighted by atomic mass is 19.1. The first-order valence-electron chi connectivity index (χ1n) is 5.19. The number of hydrogen-bond acceptors (Lipinski definition) is 2. The molecule has 1 aromatic carbocycles. The van der Waals surface area contributed by atoms with Crippen molar-refractivity contribution in [1.82, 2.24) is 0 Å². The van der Waals surface area contributed by atoms with Gasteiger partial charge in [-0.3, -0.25) is 4.79 Å². The Labute approximate surface area is 97.7 Å². The predicted octanol–water partition coefficient (Wildman–Crippen LogP) is 2.36. The van der Waals surface area contributed by atoms with E-state index in [2.05, 4.69) is 0 Å². The van der Waals surface area contributed by atoms with Crippen LogP contribution in [-0.4, -0.2) is 16.2 Å². The molecule has 0 fully saturated rings. The fraction of sp³-hybridized carbons (Fsp3) is 0.417. The van der Waals surface area contributed by atoms with Gasteiger partial charge in [-0.05, 0) is 23.6 Å². The molecule has 0 amide bonds. The molecule has 17 heavy (non-hydrogen) atoms. The second kappa shape index (κ2) is 5.23. The maximum atomic E-state index is 12.9. The fourth-order valence-electron chi connectivity index (χ4n) is 1.55. The van der Waals surface area contributed by atoms with E-state index in [-0.39, 0.29) is 5.56 Å². The number of aliphatic hydroxyl groups is 1. The minimum atomic E-state index is -1.22. The van der Waals surface area contributed by atoms with Crippen LogP contribution in [0.1, 0.15) is 25.5 Å². The van der Waals surface area contributed by atoms with E-state index in [1.165, 1.54) is 13.8 Å². The molecule has 94 valence electrons. The standard InChI is InChI=1S/C12H14F2O3/c1-6(7(2)12(16)17)11(15)8-3-9(13)5-10(14)4-8/h3-7,11,15H,1-2H3,(H,16,17). The normalized spacial score (nSPS) is 16.3. The van der Waals surface area contributed by atoms with Crippen molar-refractivity contribution in [3.05, 3.63) is 35.4 Å². The molecular weight excluding hydrogens is 230 g/mol. The molecule has 1 aromatic rings. The summed E-state index contributed by atoms with van der Waals surface area (Å²) in [5.41, 5.74) is 0.0445. The minimum absolute atomic E-state index is 0.0445. The van der Waals surface area contributed by atoms with E-state index < -0.39 is 35.5 Å². The minimum Gasteiger partial charge on any atom is -0.481 e. The van der Waals surface area contributed by atoms with Gasteiger partial charge in [0.1, 0.15) is 11.6 Å². The summed E-state index contributed by atoms with van der Waals surface area (Å²) in [6, 6.07) is 2.69. The van der Waals surface area contributed by atoms with Crippen LogP contribution in [0.25, 0.3) is 0 Å². The SMILES string of the molecule is CC(C(=O)O)C(C)C(O)c1cc(F)cc(F)c1. The van der Waals surface area contributed by atoms with Crippen molar-refractivity contribution in [3.8, 4) is 0 Å². The van der Waals surface area contributed by atoms with Gasteiger partial charge in [0.2, 0.25) is 0 Å². The summed E-state index contributed by atoms with van der Waals surface area (Å²) in [7, 11) is 0. The van der Waals surface area contributed by atoms with Gasteiger partial charge in [0.05, 0.1) is 12.0 Å². The van der Waals surface area contributed by atoms with Gasteiger partial charge in [0.25, 0.3) is 0 Å². The highest BCUT2D eigenvalue weighted by Gasteiger charge is 2.27. The van der Waals surface area contributed by atoms with Crippen LogP contribution in [0.5, 0.6) is 0 Å². The largest absolute Gasteiger partial charge is 0.481 e. The van der Waals surface area contributed by atoms with Crippen molar-refractivity contribution in [2.24, 2.45) is 11.8 Å². The molecule has 2 N–H and O–H groups in total. The van der Waals surface area contributed by atoms with Gasteiger partial charge in [0, 0.05) is 6.07 Å². The zero-order valence-electron chi connectivity index (χ0n) is 9.52. The van der Waals surface area contributed by atoms with Gasteiger partial charge in [-0.1, -0.05) is 13.8 Å². The van der Waals surface area contributed by atoms with Crippen LogP contribution < -0.4 is 0 Å². The van der Waals surface area contributed by atoms with Crippen LogP contribution in [0.4, 0.5) is 8.78 Å². The number of hydrogen-bond donors (Lipinski definition) is 2. The van der Waals surface area contributed by atoms with Gasteiger partial charge in [0.15, 0.2) is 0 Å². The Balaban J connectivity index is 2.95. The summed E-state index contributed by atoms with van der Waals surface area (Å²) in [6.45, 7) is 2.96. The van der Waals surface area contributed by atoms with Gasteiger partial charge >= 0.3 is 5.97 Å². The first kappa shape index (κ1) is 13.6. The molecular formula is C12H14F2O3. The lowest BCUT2D eigenvalue weighted by atomic mass is 9.87. The summed E-state index contributed by atoms with van der Waals surface area (Å²) < 4.78 is 25.9. The smallest absolute Gasteiger partial charge is 0.306 e. The first-order valence-corrected chi connectivity index (χ1v) is 5.19. The average molecular weight is 244 g/mol. The molecule has 0 aliphatic heterocycles. The number of carboxylic acid groups (broad SMARTS) is 1. The monoisotopic (exact) mass is 244 g/mol. The van der Waals surface area contributed by atoms with Crippen LogP contribution in [0, 0.1) is 23.5 Å². The van der Waals surface area contributed by atoms with E-state index in [1.807, 2.05) is 0 Å². The summed E-state index contributed by atoms with van der Waals surface area (Å²) in [5, 5.41) is 18.7. The Morgan fingerprint density at radius 2 is 1.65 bits per heavy atom. The molecule has 0 aromatic heterocycles. The van der Waals surface area contributed by atoms with Gasteiger partial charge < -0.3 is 10.2 Å². The third-order valence-electron chi connectivity index (χ3n) is 2.90. The Kier molecular flexibility index (Phi) is 4.17. The molecule has 1 rings (SSSR count). The summed E-state index contributed by atoms with van der Waals surface area (Å²) >= 11 is 0. The number of aliphatic hydroxyl groups excluding tert-OH is 1. The lowest BCUT2D eigenvalue weighted by Gasteiger charge is -2.22. The van der Waals surface area contributed by atoms with Crippen LogP contribution in [-0.2, 0) is 4.79 Å². The van der Waals surface area contributed by atoms with E-state index in [0.717, 1.165) is 12.1 Å². The molecule has 0 heterocycles. The lowest BCUT2D eigenvalue weighted by Crippen LogP contribution is -2.24. The van der Waals surface area contributed by atoms with E-state index in [1.54, 1.807) is 0 Å². The van der Waals surface area contributed by atoms with E-state index in [9.17, 15) is 18.7 Å². The Morgan fingerprint density at radius 1 is 1.18 bits per heavy atom. The second-order valence-electron chi connectivity index (χ2n) is 4.13. The second-order valence-corrected chi connectivity index (χ2v) is 4.13. The zero-order chi connectivity index (χ0) is 13.2. The average Bonchev–Trinajstić information content (AvgIpc) is 2.24. The van der Waals surface area contributed by atoms with Crippen LogP contribution >= 0.6 is 0 Å². The first-order chi connectivity index (χ1) is 7.82. The van der Waals surface area contributed by atoms with Crippen LogP contribution in [0.2, 0.25) is 0 Å². The van der Waals surface area contributed by atoms with E-state index in [0.29, 0.717) is 6.07 Å². The Hall–Kier alpha value is -1.49. The van der Waals surface area contributed by atoms with E-state index in [4.69, 9.17) is 5.11 Å². The Morgan fingerprint density at radius 3 is 2.06 bits per heavy atom. The van der Waals surface area contributed by atoms with Gasteiger partial charge in [-0.25, -0.2) is 8.78 Å². The number of carbonyl (C=O) groups is 1. The molecule has 0 radical (unpaired) electrons. The number of benzene rings is 1. The maximum Gasteiger partial charge on any atom is 0.306 e. The molecule has 3 nitrogen and oxygen atoms in total. The molecule has 0 aliphatic rings. The van der Waals surface area contributed by atoms with Gasteiger partial charge in [-0.15, -0.1) is 0 Å². The summed E-state index contributed by atoms with van der Waals surface area (Å²) in [4.78, 5) is 10.8. The number of rotatable bonds is 4. The van der Waals surface area contributed by atoms with Gasteiger partial charge in [-0.2, -0.15) is 0 Å². The topological polar surface area (TPSA) is 57.5 Å². The molecule has 0 aliphatic carbocycles. The Bertz CT molecular complexity index is 400.